The number of fused-ring (bicyclic) bond motifs is 18. The fourth-order valence-corrected chi connectivity index (χ4v) is 21.1. The topological polar surface area (TPSA) is 3.24 Å². The van der Waals surface area contributed by atoms with E-state index in [1.54, 1.807) is 0 Å². The highest BCUT2D eigenvalue weighted by molar-refractivity contribution is 7.26. The van der Waals surface area contributed by atoms with Gasteiger partial charge in [-0.3, -0.25) is 0 Å². The maximum Gasteiger partial charge on any atom is 0.0754 e. The Bertz CT molecular complexity index is 6970. The number of thiophene rings is 2. The Balaban J connectivity index is 0.722. The molecule has 1 aliphatic carbocycles. The van der Waals surface area contributed by atoms with Crippen molar-refractivity contribution in [3.8, 4) is 55.6 Å². The SMILES string of the molecule is c1ccc(-c2cc(-c3cccc(C(c4ccccc4)c4ccc5sc6cc(-c7ccc8c(c7)C7(c9ccccc9N(c9ccccc9)c9ccccc97)c7cccc(C(c9ccc%10ccccc%10c9)c9cccc%10c(-c%11cccc%12sc%13ccccc%13c%11%12)cccc9%10)c7-8)ccc6c5c4)c3)cc3ccccc23)cc1. The molecule has 1 aliphatic heterocycles. The summed E-state index contributed by atoms with van der Waals surface area (Å²) in [7, 11) is 0. The first-order valence-electron chi connectivity index (χ1n) is 37.5. The van der Waals surface area contributed by atoms with Crippen LogP contribution in [0.2, 0.25) is 0 Å². The maximum atomic E-state index is 2.58. The third-order valence-electron chi connectivity index (χ3n) is 23.5. The Morgan fingerprint density at radius 1 is 0.231 bits per heavy atom. The van der Waals surface area contributed by atoms with Crippen molar-refractivity contribution >= 4 is 112 Å². The van der Waals surface area contributed by atoms with Gasteiger partial charge in [0.05, 0.1) is 16.8 Å². The van der Waals surface area contributed by atoms with Crippen molar-refractivity contribution in [2.75, 3.05) is 4.90 Å². The lowest BCUT2D eigenvalue weighted by Gasteiger charge is -2.45. The third kappa shape index (κ3) is 9.75. The second kappa shape index (κ2) is 25.1. The van der Waals surface area contributed by atoms with Gasteiger partial charge in [-0.25, -0.2) is 0 Å². The zero-order valence-corrected chi connectivity index (χ0v) is 60.6. The number of hydrogen-bond donors (Lipinski definition) is 0. The van der Waals surface area contributed by atoms with E-state index >= 15 is 0 Å². The predicted octanol–water partition coefficient (Wildman–Crippen LogP) is 29.1. The van der Waals surface area contributed by atoms with Gasteiger partial charge >= 0.3 is 0 Å². The van der Waals surface area contributed by atoms with Crippen molar-refractivity contribution in [3.63, 3.8) is 0 Å². The lowest BCUT2D eigenvalue weighted by molar-refractivity contribution is 0.752. The van der Waals surface area contributed by atoms with Crippen LogP contribution >= 0.6 is 22.7 Å². The molecule has 108 heavy (non-hydrogen) atoms. The molecule has 18 aromatic carbocycles. The number of nitrogens with zero attached hydrogens (tertiary/aromatic N) is 1. The minimum atomic E-state index is -0.732. The van der Waals surface area contributed by atoms with E-state index in [2.05, 4.69) is 399 Å². The molecule has 3 heteroatoms. The monoisotopic (exact) mass is 1410 g/mol. The molecule has 2 atom stereocenters. The Kier molecular flexibility index (Phi) is 14.5. The van der Waals surface area contributed by atoms with Crippen LogP contribution in [0.3, 0.4) is 0 Å². The fourth-order valence-electron chi connectivity index (χ4n) is 18.8. The van der Waals surface area contributed by atoms with Gasteiger partial charge < -0.3 is 4.90 Å². The zero-order valence-electron chi connectivity index (χ0n) is 58.9. The van der Waals surface area contributed by atoms with Gasteiger partial charge in [0.25, 0.3) is 0 Å². The Morgan fingerprint density at radius 3 is 1.64 bits per heavy atom. The van der Waals surface area contributed by atoms with E-state index in [9.17, 15) is 0 Å². The van der Waals surface area contributed by atoms with Crippen molar-refractivity contribution in [1.82, 2.24) is 0 Å². The molecule has 0 fully saturated rings. The lowest BCUT2D eigenvalue weighted by Crippen LogP contribution is -2.36. The minimum absolute atomic E-state index is 0.00138. The van der Waals surface area contributed by atoms with Crippen molar-refractivity contribution in [2.24, 2.45) is 0 Å². The molecular formula is C105H67NS2. The van der Waals surface area contributed by atoms with Crippen LogP contribution < -0.4 is 4.90 Å². The van der Waals surface area contributed by atoms with Crippen LogP contribution in [0.5, 0.6) is 0 Å². The number of rotatable bonds is 11. The van der Waals surface area contributed by atoms with Gasteiger partial charge in [0.2, 0.25) is 0 Å². The maximum absolute atomic E-state index is 2.58. The molecule has 3 heterocycles. The molecule has 2 aromatic heterocycles. The van der Waals surface area contributed by atoms with Gasteiger partial charge in [-0.2, -0.15) is 0 Å². The van der Waals surface area contributed by atoms with Crippen molar-refractivity contribution in [3.05, 3.63) is 450 Å². The van der Waals surface area contributed by atoms with E-state index < -0.39 is 5.41 Å². The highest BCUT2D eigenvalue weighted by Crippen LogP contribution is 2.65. The van der Waals surface area contributed by atoms with Gasteiger partial charge in [-0.15, -0.1) is 22.7 Å². The minimum Gasteiger partial charge on any atom is -0.310 e. The molecule has 1 spiro atoms. The van der Waals surface area contributed by atoms with E-state index in [1.807, 2.05) is 22.7 Å². The Labute approximate surface area is 635 Å². The van der Waals surface area contributed by atoms with Crippen molar-refractivity contribution in [2.45, 2.75) is 17.3 Å². The largest absolute Gasteiger partial charge is 0.310 e. The van der Waals surface area contributed by atoms with Gasteiger partial charge in [-0.05, 0) is 216 Å². The molecule has 1 nitrogen and oxygen atoms in total. The zero-order chi connectivity index (χ0) is 71.0. The summed E-state index contributed by atoms with van der Waals surface area (Å²) in [6, 6.07) is 150. The Hall–Kier alpha value is -13.0. The molecule has 0 N–H and O–H groups in total. The smallest absolute Gasteiger partial charge is 0.0754 e. The second-order valence-corrected chi connectivity index (χ2v) is 31.4. The van der Waals surface area contributed by atoms with Gasteiger partial charge in [0, 0.05) is 57.9 Å². The molecule has 0 radical (unpaired) electrons. The summed E-state index contributed by atoms with van der Waals surface area (Å²) in [5, 5.41) is 12.6. The summed E-state index contributed by atoms with van der Waals surface area (Å²) in [5.74, 6) is -0.175. The van der Waals surface area contributed by atoms with E-state index in [0.717, 1.165) is 5.69 Å². The van der Waals surface area contributed by atoms with Gasteiger partial charge in [0.15, 0.2) is 0 Å². The first-order valence-corrected chi connectivity index (χ1v) is 39.1. The molecule has 2 aliphatic rings. The molecule has 22 rings (SSSR count). The van der Waals surface area contributed by atoms with Crippen molar-refractivity contribution < 1.29 is 0 Å². The van der Waals surface area contributed by atoms with Crippen LogP contribution in [0.1, 0.15) is 67.5 Å². The summed E-state index contributed by atoms with van der Waals surface area (Å²) >= 11 is 3.78. The normalized spacial score (nSPS) is 13.4. The van der Waals surface area contributed by atoms with E-state index in [-0.39, 0.29) is 11.8 Å². The number of para-hydroxylation sites is 3. The van der Waals surface area contributed by atoms with E-state index in [0.29, 0.717) is 0 Å². The molecule has 0 saturated heterocycles. The molecule has 504 valence electrons. The van der Waals surface area contributed by atoms with Crippen LogP contribution in [-0.4, -0.2) is 0 Å². The quantitative estimate of drug-likeness (QED) is 0.117. The standard InChI is InChI=1S/C105H67NS2/c1-4-26-67(27-5-1)89-63-77(61-73-31-12-13-36-79(73)89)70-32-20-33-74(60-70)101(68-28-6-2-7-29-68)76-55-58-98-90(62-76)83-56-53-72(65-100(83)108-98)71-54-57-86-94(64-71)105(91-44-15-17-47-95(91)106(78-34-8-3-9-35-78)96-48-18-16-45-92(96)105)93-46-23-43-88(103(86)93)102(75-52-51-66-25-10-11-30-69(66)59-75)84-41-22-38-80-81(84)39-21-40-82(80)85-42-24-50-99-104(85)87-37-14-19-49-97(87)107-99/h1-65,101-102H. The van der Waals surface area contributed by atoms with E-state index in [4.69, 9.17) is 0 Å². The summed E-state index contributed by atoms with van der Waals surface area (Å²) in [6.45, 7) is 0. The lowest BCUT2D eigenvalue weighted by atomic mass is 9.64. The summed E-state index contributed by atoms with van der Waals surface area (Å²) in [4.78, 5) is 2.50. The summed E-state index contributed by atoms with van der Waals surface area (Å²) in [6.07, 6.45) is 0. The number of benzene rings is 18. The van der Waals surface area contributed by atoms with Crippen LogP contribution in [0.25, 0.3) is 128 Å². The predicted molar refractivity (Wildman–Crippen MR) is 460 cm³/mol. The highest BCUT2D eigenvalue weighted by Gasteiger charge is 2.53. The van der Waals surface area contributed by atoms with Crippen LogP contribution in [-0.2, 0) is 5.41 Å². The Morgan fingerprint density at radius 2 is 0.796 bits per heavy atom. The number of anilines is 3. The summed E-state index contributed by atoms with van der Waals surface area (Å²) in [5.41, 5.74) is 27.8. The van der Waals surface area contributed by atoms with Crippen LogP contribution in [0, 0.1) is 0 Å². The van der Waals surface area contributed by atoms with Crippen molar-refractivity contribution in [1.29, 1.82) is 0 Å². The first-order chi connectivity index (χ1) is 53.6. The molecule has 0 amide bonds. The third-order valence-corrected chi connectivity index (χ3v) is 25.7. The van der Waals surface area contributed by atoms with E-state index in [1.165, 1.54) is 195 Å². The average Bonchev–Trinajstić information content (AvgIpc) is 1.48. The average molecular weight is 1410 g/mol. The van der Waals surface area contributed by atoms with Crippen LogP contribution in [0.4, 0.5) is 17.1 Å². The molecule has 0 bridgehead atoms. The second-order valence-electron chi connectivity index (χ2n) is 29.2. The van der Waals surface area contributed by atoms with Crippen LogP contribution in [0.15, 0.2) is 394 Å². The van der Waals surface area contributed by atoms with Gasteiger partial charge in [0.1, 0.15) is 0 Å². The molecule has 2 unspecified atom stereocenters. The summed E-state index contributed by atoms with van der Waals surface area (Å²) < 4.78 is 5.17. The highest BCUT2D eigenvalue weighted by atomic mass is 32.1. The molecule has 0 saturated carbocycles. The van der Waals surface area contributed by atoms with Gasteiger partial charge in [-0.1, -0.05) is 322 Å². The first kappa shape index (κ1) is 62.4. The molecular weight excluding hydrogens is 1340 g/mol. The number of hydrogen-bond acceptors (Lipinski definition) is 3. The fraction of sp³-hybridized carbons (Fsp3) is 0.0286. The molecule has 20 aromatic rings.